The minimum absolute atomic E-state index is 0.0137. The van der Waals surface area contributed by atoms with Gasteiger partial charge in [-0.3, -0.25) is 4.79 Å². The van der Waals surface area contributed by atoms with E-state index in [1.54, 1.807) is 19.2 Å². The predicted molar refractivity (Wildman–Crippen MR) is 71.8 cm³/mol. The van der Waals surface area contributed by atoms with Gasteiger partial charge in [0, 0.05) is 13.5 Å². The summed E-state index contributed by atoms with van der Waals surface area (Å²) in [5.41, 5.74) is -0.377. The number of carbonyl (C=O) groups is 1. The second kappa shape index (κ2) is 7.37. The van der Waals surface area contributed by atoms with Crippen LogP contribution in [0, 0.1) is 0 Å². The summed E-state index contributed by atoms with van der Waals surface area (Å²) in [4.78, 5) is 12.0. The quantitative estimate of drug-likeness (QED) is 0.487. The van der Waals surface area contributed by atoms with E-state index in [1.165, 1.54) is 25.5 Å². The third-order valence-electron chi connectivity index (χ3n) is 3.38. The molecule has 0 aliphatic rings. The molecule has 1 aromatic rings. The molecule has 0 saturated carbocycles. The molecule has 1 heterocycles. The first-order chi connectivity index (χ1) is 8.61. The van der Waals surface area contributed by atoms with E-state index in [-0.39, 0.29) is 11.4 Å². The van der Waals surface area contributed by atoms with E-state index in [4.69, 9.17) is 9.15 Å². The summed E-state index contributed by atoms with van der Waals surface area (Å²) < 4.78 is 10.6. The molecule has 102 valence electrons. The highest BCUT2D eigenvalue weighted by Crippen LogP contribution is 2.25. The van der Waals surface area contributed by atoms with E-state index in [0.29, 0.717) is 12.2 Å². The molecule has 0 aromatic carbocycles. The van der Waals surface area contributed by atoms with Crippen molar-refractivity contribution < 1.29 is 13.9 Å². The summed E-state index contributed by atoms with van der Waals surface area (Å²) in [5.74, 6) is 0.437. The Kier molecular flexibility index (Phi) is 6.13. The zero-order valence-corrected chi connectivity index (χ0v) is 11.7. The highest BCUT2D eigenvalue weighted by Gasteiger charge is 2.28. The molecule has 3 heteroatoms. The number of ether oxygens (including phenoxy) is 1. The van der Waals surface area contributed by atoms with Gasteiger partial charge in [0.25, 0.3) is 0 Å². The lowest BCUT2D eigenvalue weighted by Crippen LogP contribution is -2.30. The van der Waals surface area contributed by atoms with Crippen LogP contribution in [0.1, 0.15) is 62.9 Å². The molecule has 1 rings (SSSR count). The number of carbonyl (C=O) groups excluding carboxylic acids is 1. The lowest BCUT2D eigenvalue weighted by Gasteiger charge is -2.27. The van der Waals surface area contributed by atoms with Crippen molar-refractivity contribution in [2.24, 2.45) is 0 Å². The van der Waals surface area contributed by atoms with Gasteiger partial charge in [-0.1, -0.05) is 32.6 Å². The molecule has 0 aliphatic carbocycles. The number of furan rings is 1. The Morgan fingerprint density at radius 3 is 2.72 bits per heavy atom. The zero-order valence-electron chi connectivity index (χ0n) is 11.7. The van der Waals surface area contributed by atoms with Crippen LogP contribution in [0.5, 0.6) is 0 Å². The van der Waals surface area contributed by atoms with Crippen LogP contribution in [-0.4, -0.2) is 18.5 Å². The fourth-order valence-electron chi connectivity index (χ4n) is 2.05. The molecule has 0 aliphatic heterocycles. The highest BCUT2D eigenvalue weighted by atomic mass is 16.5. The minimum Gasteiger partial charge on any atom is -0.461 e. The van der Waals surface area contributed by atoms with E-state index in [0.717, 1.165) is 12.8 Å². The van der Waals surface area contributed by atoms with Gasteiger partial charge in [0.1, 0.15) is 0 Å². The number of ketones is 1. The van der Waals surface area contributed by atoms with Crippen LogP contribution >= 0.6 is 0 Å². The van der Waals surface area contributed by atoms with Crippen LogP contribution in [0.2, 0.25) is 0 Å². The first kappa shape index (κ1) is 15.0. The van der Waals surface area contributed by atoms with Gasteiger partial charge in [-0.2, -0.15) is 0 Å². The van der Waals surface area contributed by atoms with Gasteiger partial charge < -0.3 is 9.15 Å². The fraction of sp³-hybridized carbons (Fsp3) is 0.667. The van der Waals surface area contributed by atoms with Crippen molar-refractivity contribution >= 4 is 5.78 Å². The normalized spacial score (nSPS) is 14.4. The molecule has 0 radical (unpaired) electrons. The standard InChI is InChI=1S/C15H24O3/c1-4-5-6-7-10-15(2,17-3)12-13(16)14-9-8-11-18-14/h8-9,11H,4-7,10,12H2,1-3H3. The average Bonchev–Trinajstić information content (AvgIpc) is 2.88. The minimum atomic E-state index is -0.377. The Morgan fingerprint density at radius 1 is 1.39 bits per heavy atom. The molecule has 1 aromatic heterocycles. The van der Waals surface area contributed by atoms with Crippen LogP contribution in [0.3, 0.4) is 0 Å². The molecule has 1 atom stereocenters. The number of methoxy groups -OCH3 is 1. The summed E-state index contributed by atoms with van der Waals surface area (Å²) in [6.07, 6.45) is 7.58. The van der Waals surface area contributed by atoms with E-state index in [1.807, 2.05) is 6.92 Å². The lowest BCUT2D eigenvalue weighted by atomic mass is 9.91. The number of hydrogen-bond acceptors (Lipinski definition) is 3. The number of unbranched alkanes of at least 4 members (excludes halogenated alkanes) is 3. The van der Waals surface area contributed by atoms with Gasteiger partial charge in [-0.25, -0.2) is 0 Å². The largest absolute Gasteiger partial charge is 0.461 e. The van der Waals surface area contributed by atoms with E-state index >= 15 is 0 Å². The van der Waals surface area contributed by atoms with Crippen molar-refractivity contribution in [1.29, 1.82) is 0 Å². The third kappa shape index (κ3) is 4.65. The molecular formula is C15H24O3. The maximum absolute atomic E-state index is 12.0. The first-order valence-electron chi connectivity index (χ1n) is 6.73. The number of hydrogen-bond donors (Lipinski definition) is 0. The lowest BCUT2D eigenvalue weighted by molar-refractivity contribution is -0.00657. The van der Waals surface area contributed by atoms with E-state index < -0.39 is 0 Å². The second-order valence-electron chi connectivity index (χ2n) is 5.04. The summed E-state index contributed by atoms with van der Waals surface area (Å²) >= 11 is 0. The van der Waals surface area contributed by atoms with E-state index in [2.05, 4.69) is 6.92 Å². The molecule has 18 heavy (non-hydrogen) atoms. The Hall–Kier alpha value is -1.09. The molecule has 0 saturated heterocycles. The third-order valence-corrected chi connectivity index (χ3v) is 3.38. The van der Waals surface area contributed by atoms with Gasteiger partial charge in [0.2, 0.25) is 5.78 Å². The Morgan fingerprint density at radius 2 is 2.17 bits per heavy atom. The Labute approximate surface area is 110 Å². The number of rotatable bonds is 9. The molecule has 0 N–H and O–H groups in total. The monoisotopic (exact) mass is 252 g/mol. The first-order valence-corrected chi connectivity index (χ1v) is 6.73. The SMILES string of the molecule is CCCCCCC(C)(CC(=O)c1ccco1)OC. The molecule has 3 nitrogen and oxygen atoms in total. The Balaban J connectivity index is 2.46. The molecule has 0 bridgehead atoms. The van der Waals surface area contributed by atoms with Crippen LogP contribution in [0.4, 0.5) is 0 Å². The fourth-order valence-corrected chi connectivity index (χ4v) is 2.05. The maximum Gasteiger partial charge on any atom is 0.200 e. The van der Waals surface area contributed by atoms with Crippen LogP contribution in [-0.2, 0) is 4.74 Å². The predicted octanol–water partition coefficient (Wildman–Crippen LogP) is 4.23. The van der Waals surface area contributed by atoms with Crippen LogP contribution in [0.15, 0.2) is 22.8 Å². The van der Waals surface area contributed by atoms with Crippen molar-refractivity contribution in [2.45, 2.75) is 58.0 Å². The van der Waals surface area contributed by atoms with E-state index in [9.17, 15) is 4.79 Å². The molecule has 0 spiro atoms. The average molecular weight is 252 g/mol. The van der Waals surface area contributed by atoms with Crippen molar-refractivity contribution in [3.63, 3.8) is 0 Å². The van der Waals surface area contributed by atoms with Gasteiger partial charge in [0.15, 0.2) is 5.76 Å². The second-order valence-corrected chi connectivity index (χ2v) is 5.04. The van der Waals surface area contributed by atoms with Crippen molar-refractivity contribution in [1.82, 2.24) is 0 Å². The van der Waals surface area contributed by atoms with Gasteiger partial charge in [-0.05, 0) is 25.5 Å². The van der Waals surface area contributed by atoms with Gasteiger partial charge in [0.05, 0.1) is 11.9 Å². The summed E-state index contributed by atoms with van der Waals surface area (Å²) in [5, 5.41) is 0. The topological polar surface area (TPSA) is 39.4 Å². The van der Waals surface area contributed by atoms with Crippen molar-refractivity contribution in [3.05, 3.63) is 24.2 Å². The zero-order chi connectivity index (χ0) is 13.4. The van der Waals surface area contributed by atoms with Crippen LogP contribution in [0.25, 0.3) is 0 Å². The van der Waals surface area contributed by atoms with Gasteiger partial charge >= 0.3 is 0 Å². The summed E-state index contributed by atoms with van der Waals surface area (Å²) in [7, 11) is 1.68. The Bertz CT molecular complexity index is 343. The van der Waals surface area contributed by atoms with Gasteiger partial charge in [-0.15, -0.1) is 0 Å². The summed E-state index contributed by atoms with van der Waals surface area (Å²) in [6, 6.07) is 3.44. The maximum atomic E-state index is 12.0. The van der Waals surface area contributed by atoms with Crippen LogP contribution < -0.4 is 0 Å². The molecule has 1 unspecified atom stereocenters. The number of Topliss-reactive ketones (excluding diaryl/α,β-unsaturated/α-hetero) is 1. The van der Waals surface area contributed by atoms with Crippen molar-refractivity contribution in [2.75, 3.05) is 7.11 Å². The summed E-state index contributed by atoms with van der Waals surface area (Å²) in [6.45, 7) is 4.19. The highest BCUT2D eigenvalue weighted by molar-refractivity contribution is 5.94. The molecule has 0 fully saturated rings. The van der Waals surface area contributed by atoms with Crippen molar-refractivity contribution in [3.8, 4) is 0 Å². The molecular weight excluding hydrogens is 228 g/mol. The molecule has 0 amide bonds. The smallest absolute Gasteiger partial charge is 0.200 e.